The molecule has 2 rings (SSSR count). The molecule has 0 saturated carbocycles. The van der Waals surface area contributed by atoms with Crippen LogP contribution in [0, 0.1) is 13.8 Å². The maximum Gasteiger partial charge on any atom is 0.223 e. The van der Waals surface area contributed by atoms with Gasteiger partial charge in [-0.3, -0.25) is 9.59 Å². The fourth-order valence-electron chi connectivity index (χ4n) is 2.29. The number of nitrogens with zero attached hydrogens (tertiary/aromatic N) is 2. The third-order valence-electron chi connectivity index (χ3n) is 3.75. The van der Waals surface area contributed by atoms with Crippen LogP contribution in [0.1, 0.15) is 38.1 Å². The summed E-state index contributed by atoms with van der Waals surface area (Å²) in [4.78, 5) is 21.9. The third-order valence-corrected chi connectivity index (χ3v) is 3.75. The van der Waals surface area contributed by atoms with Crippen molar-refractivity contribution in [3.05, 3.63) is 56.4 Å². The molecule has 6 nitrogen and oxygen atoms in total. The summed E-state index contributed by atoms with van der Waals surface area (Å²) in [6.07, 6.45) is 5.40. The Morgan fingerprint density at radius 3 is 1.40 bits per heavy atom. The van der Waals surface area contributed by atoms with E-state index in [9.17, 15) is 19.8 Å². The van der Waals surface area contributed by atoms with Crippen molar-refractivity contribution >= 4 is 0 Å². The number of rotatable bonds is 4. The van der Waals surface area contributed by atoms with Crippen molar-refractivity contribution in [2.75, 3.05) is 0 Å². The molecule has 2 heterocycles. The van der Waals surface area contributed by atoms with Gasteiger partial charge in [0.1, 0.15) is 0 Å². The second-order valence-electron chi connectivity index (χ2n) is 5.61. The van der Waals surface area contributed by atoms with Gasteiger partial charge in [0.25, 0.3) is 0 Å². The SMILES string of the molecule is CCCn1ccc(=O)c(O)c1C.CCCn1ccc(=O)c(O)c1C.[Cu]. The van der Waals surface area contributed by atoms with Gasteiger partial charge in [-0.25, -0.2) is 0 Å². The molecule has 0 aromatic carbocycles. The Hall–Kier alpha value is -1.98. The summed E-state index contributed by atoms with van der Waals surface area (Å²) < 4.78 is 3.74. The summed E-state index contributed by atoms with van der Waals surface area (Å²) >= 11 is 0. The van der Waals surface area contributed by atoms with Gasteiger partial charge in [-0.05, 0) is 26.7 Å². The maximum atomic E-state index is 10.9. The molecule has 0 unspecified atom stereocenters. The monoisotopic (exact) mass is 397 g/mol. The largest absolute Gasteiger partial charge is 0.503 e. The first-order valence-corrected chi connectivity index (χ1v) is 8.11. The third kappa shape index (κ3) is 6.11. The minimum absolute atomic E-state index is 0. The molecule has 2 N–H and O–H groups in total. The molecule has 0 aliphatic carbocycles. The van der Waals surface area contributed by atoms with E-state index in [0.29, 0.717) is 11.4 Å². The van der Waals surface area contributed by atoms with Crippen molar-refractivity contribution in [1.29, 1.82) is 0 Å². The van der Waals surface area contributed by atoms with Crippen LogP contribution in [0.3, 0.4) is 0 Å². The first kappa shape index (κ1) is 23.0. The van der Waals surface area contributed by atoms with Crippen molar-refractivity contribution in [2.24, 2.45) is 0 Å². The fraction of sp³-hybridized carbons (Fsp3) is 0.444. The van der Waals surface area contributed by atoms with Gasteiger partial charge in [-0.15, -0.1) is 0 Å². The summed E-state index contributed by atoms with van der Waals surface area (Å²) in [6, 6.07) is 2.77. The fourth-order valence-corrected chi connectivity index (χ4v) is 2.29. The van der Waals surface area contributed by atoms with E-state index in [1.54, 1.807) is 26.2 Å². The minimum atomic E-state index is -0.306. The van der Waals surface area contributed by atoms with E-state index in [-0.39, 0.29) is 39.4 Å². The number of aryl methyl sites for hydroxylation is 2. The summed E-state index contributed by atoms with van der Waals surface area (Å²) in [6.45, 7) is 9.25. The second-order valence-corrected chi connectivity index (χ2v) is 5.61. The second kappa shape index (κ2) is 10.8. The van der Waals surface area contributed by atoms with E-state index in [4.69, 9.17) is 0 Å². The van der Waals surface area contributed by atoms with E-state index in [1.165, 1.54) is 12.1 Å². The van der Waals surface area contributed by atoms with E-state index in [2.05, 4.69) is 13.8 Å². The molecule has 0 aliphatic heterocycles. The molecule has 0 bridgehead atoms. The molecule has 0 atom stereocenters. The number of pyridine rings is 2. The van der Waals surface area contributed by atoms with Gasteiger partial charge in [-0.1, -0.05) is 13.8 Å². The predicted octanol–water partition coefficient (Wildman–Crippen LogP) is 2.54. The standard InChI is InChI=1S/2C9H13NO2.Cu/c2*1-3-5-10-6-4-8(11)9(12)7(10)2;/h2*4,6,12H,3,5H2,1-2H3;. The molecule has 2 aromatic rings. The molecule has 2 aromatic heterocycles. The Labute approximate surface area is 158 Å². The quantitative estimate of drug-likeness (QED) is 0.776. The summed E-state index contributed by atoms with van der Waals surface area (Å²) in [7, 11) is 0. The zero-order valence-corrected chi connectivity index (χ0v) is 16.0. The zero-order chi connectivity index (χ0) is 18.3. The average molecular weight is 398 g/mol. The molecule has 25 heavy (non-hydrogen) atoms. The average Bonchev–Trinajstić information content (AvgIpc) is 2.57. The van der Waals surface area contributed by atoms with Crippen molar-refractivity contribution in [3.8, 4) is 11.5 Å². The molecular weight excluding hydrogens is 372 g/mol. The van der Waals surface area contributed by atoms with Gasteiger partial charge >= 0.3 is 0 Å². The number of aromatic hydroxyl groups is 2. The van der Waals surface area contributed by atoms with Crippen LogP contribution in [-0.4, -0.2) is 19.3 Å². The Bertz CT molecular complexity index is 729. The maximum absolute atomic E-state index is 10.9. The number of hydrogen-bond donors (Lipinski definition) is 2. The van der Waals surface area contributed by atoms with Crippen molar-refractivity contribution in [1.82, 2.24) is 9.13 Å². The van der Waals surface area contributed by atoms with E-state index < -0.39 is 0 Å². The molecule has 143 valence electrons. The Balaban J connectivity index is 0.000000443. The molecular formula is C18H26CuN2O4. The first-order valence-electron chi connectivity index (χ1n) is 8.11. The molecule has 0 saturated heterocycles. The number of hydrogen-bond acceptors (Lipinski definition) is 4. The predicted molar refractivity (Wildman–Crippen MR) is 94.8 cm³/mol. The normalized spacial score (nSPS) is 9.76. The molecule has 7 heteroatoms. The van der Waals surface area contributed by atoms with Gasteiger partial charge < -0.3 is 19.3 Å². The van der Waals surface area contributed by atoms with Gasteiger partial charge in [0.05, 0.1) is 11.4 Å². The molecule has 1 radical (unpaired) electrons. The Morgan fingerprint density at radius 1 is 0.800 bits per heavy atom. The molecule has 0 spiro atoms. The molecule has 0 fully saturated rings. The van der Waals surface area contributed by atoms with Crippen LogP contribution in [0.25, 0.3) is 0 Å². The van der Waals surface area contributed by atoms with Crippen LogP contribution >= 0.6 is 0 Å². The summed E-state index contributed by atoms with van der Waals surface area (Å²) in [5.41, 5.74) is 0.674. The molecule has 0 aliphatic rings. The van der Waals surface area contributed by atoms with Crippen molar-refractivity contribution < 1.29 is 27.3 Å². The Kier molecular flexibility index (Phi) is 9.94. The number of aromatic nitrogens is 2. The summed E-state index contributed by atoms with van der Waals surface area (Å²) in [5.74, 6) is -0.267. The van der Waals surface area contributed by atoms with Gasteiger partial charge in [0.2, 0.25) is 10.9 Å². The molecule has 0 amide bonds. The van der Waals surface area contributed by atoms with Crippen molar-refractivity contribution in [3.63, 3.8) is 0 Å². The van der Waals surface area contributed by atoms with E-state index in [0.717, 1.165) is 25.9 Å². The topological polar surface area (TPSA) is 84.5 Å². The summed E-state index contributed by atoms with van der Waals surface area (Å²) in [5, 5.41) is 18.6. The Morgan fingerprint density at radius 2 is 1.12 bits per heavy atom. The van der Waals surface area contributed by atoms with E-state index in [1.807, 2.05) is 9.13 Å². The van der Waals surface area contributed by atoms with E-state index >= 15 is 0 Å². The smallest absolute Gasteiger partial charge is 0.223 e. The van der Waals surface area contributed by atoms with Gasteiger partial charge in [0, 0.05) is 54.7 Å². The van der Waals surface area contributed by atoms with Gasteiger partial charge in [0.15, 0.2) is 11.5 Å². The van der Waals surface area contributed by atoms with Crippen molar-refractivity contribution in [2.45, 2.75) is 53.6 Å². The van der Waals surface area contributed by atoms with Gasteiger partial charge in [-0.2, -0.15) is 0 Å². The van der Waals surface area contributed by atoms with Crippen LogP contribution in [0.4, 0.5) is 0 Å². The minimum Gasteiger partial charge on any atom is -0.503 e. The van der Waals surface area contributed by atoms with Crippen LogP contribution < -0.4 is 10.9 Å². The first-order chi connectivity index (χ1) is 11.3. The van der Waals surface area contributed by atoms with Crippen LogP contribution in [0.2, 0.25) is 0 Å². The zero-order valence-electron chi connectivity index (χ0n) is 15.0. The van der Waals surface area contributed by atoms with Crippen LogP contribution in [0.5, 0.6) is 11.5 Å². The van der Waals surface area contributed by atoms with Crippen LogP contribution in [-0.2, 0) is 30.2 Å². The van der Waals surface area contributed by atoms with Crippen LogP contribution in [0.15, 0.2) is 34.1 Å².